The van der Waals surface area contributed by atoms with Crippen molar-refractivity contribution in [2.45, 2.75) is 17.2 Å². The van der Waals surface area contributed by atoms with Gasteiger partial charge in [0.1, 0.15) is 0 Å². The van der Waals surface area contributed by atoms with Gasteiger partial charge in [-0.05, 0) is 35.9 Å². The van der Waals surface area contributed by atoms with E-state index in [4.69, 9.17) is 11.6 Å². The van der Waals surface area contributed by atoms with Crippen LogP contribution in [0.2, 0.25) is 5.02 Å². The first kappa shape index (κ1) is 18.4. The fraction of sp³-hybridized carbons (Fsp3) is 0.188. The highest BCUT2D eigenvalue weighted by Crippen LogP contribution is 2.20. The van der Waals surface area contributed by atoms with E-state index in [1.807, 2.05) is 0 Å². The monoisotopic (exact) mass is 373 g/mol. The molecule has 2 rings (SSSR count). The molecule has 0 aliphatic carbocycles. The highest BCUT2D eigenvalue weighted by atomic mass is 35.5. The number of benzene rings is 2. The Kier molecular flexibility index (Phi) is 5.56. The molecule has 0 N–H and O–H groups in total. The molecule has 2 aromatic rings. The van der Waals surface area contributed by atoms with Crippen molar-refractivity contribution in [2.24, 2.45) is 0 Å². The van der Waals surface area contributed by atoms with E-state index >= 15 is 0 Å². The van der Waals surface area contributed by atoms with Gasteiger partial charge in [-0.2, -0.15) is 8.78 Å². The molecule has 0 bridgehead atoms. The number of amides is 1. The van der Waals surface area contributed by atoms with Crippen LogP contribution in [0.4, 0.5) is 8.78 Å². The van der Waals surface area contributed by atoms with Crippen LogP contribution in [0.25, 0.3) is 0 Å². The average molecular weight is 374 g/mol. The van der Waals surface area contributed by atoms with Crippen molar-refractivity contribution in [3.63, 3.8) is 0 Å². The van der Waals surface area contributed by atoms with Crippen molar-refractivity contribution < 1.29 is 22.0 Å². The maximum atomic E-state index is 12.5. The summed E-state index contributed by atoms with van der Waals surface area (Å²) in [6.07, 6.45) is 0. The molecule has 0 unspecified atom stereocenters. The first-order valence-corrected chi connectivity index (χ1v) is 8.77. The van der Waals surface area contributed by atoms with Gasteiger partial charge in [0.15, 0.2) is 0 Å². The first-order valence-electron chi connectivity index (χ1n) is 6.84. The highest BCUT2D eigenvalue weighted by Gasteiger charge is 2.26. The molecule has 0 aliphatic rings. The third-order valence-corrected chi connectivity index (χ3v) is 5.14. The normalized spacial score (nSPS) is 11.5. The number of sulfone groups is 1. The third-order valence-electron chi connectivity index (χ3n) is 3.38. The van der Waals surface area contributed by atoms with Gasteiger partial charge in [0.05, 0.1) is 4.90 Å². The van der Waals surface area contributed by atoms with E-state index in [2.05, 4.69) is 0 Å². The summed E-state index contributed by atoms with van der Waals surface area (Å²) in [6, 6.07) is 11.5. The van der Waals surface area contributed by atoms with Crippen LogP contribution in [0, 0.1) is 0 Å². The molecule has 0 aromatic heterocycles. The molecule has 0 fully saturated rings. The Hall–Kier alpha value is -1.99. The topological polar surface area (TPSA) is 54.5 Å². The van der Waals surface area contributed by atoms with E-state index in [0.717, 1.165) is 17.7 Å². The maximum absolute atomic E-state index is 12.5. The molecule has 2 aromatic carbocycles. The molecule has 0 aliphatic heterocycles. The molecule has 24 heavy (non-hydrogen) atoms. The molecular formula is C16H14ClF2NO3S. The molecule has 0 saturated heterocycles. The number of carbonyl (C=O) groups excluding carboxylic acids is 1. The first-order chi connectivity index (χ1) is 11.2. The molecule has 0 atom stereocenters. The summed E-state index contributed by atoms with van der Waals surface area (Å²) in [5.41, 5.74) is 0.949. The predicted molar refractivity (Wildman–Crippen MR) is 86.9 cm³/mol. The zero-order valence-electron chi connectivity index (χ0n) is 12.6. The third kappa shape index (κ3) is 3.91. The molecular weight excluding hydrogens is 360 g/mol. The van der Waals surface area contributed by atoms with Gasteiger partial charge in [0, 0.05) is 24.2 Å². The number of halogens is 3. The van der Waals surface area contributed by atoms with Crippen LogP contribution in [0.15, 0.2) is 53.4 Å². The molecule has 1 amide bonds. The van der Waals surface area contributed by atoms with Gasteiger partial charge in [-0.15, -0.1) is 0 Å². The van der Waals surface area contributed by atoms with Gasteiger partial charge >= 0.3 is 5.76 Å². The van der Waals surface area contributed by atoms with Crippen LogP contribution in [-0.4, -0.2) is 32.0 Å². The van der Waals surface area contributed by atoms with Gasteiger partial charge in [0.25, 0.3) is 5.91 Å². The lowest BCUT2D eigenvalue weighted by atomic mass is 10.1. The predicted octanol–water partition coefficient (Wildman–Crippen LogP) is 3.61. The van der Waals surface area contributed by atoms with E-state index in [1.165, 1.54) is 17.0 Å². The standard InChI is InChI=1S/C16H14ClF2NO3S/c1-20(10-12-4-2-3-5-14(12)17)15(21)11-6-8-13(9-7-11)24(22,23)16(18)19/h2-9,16H,10H2,1H3. The number of carbonyl (C=O) groups is 1. The summed E-state index contributed by atoms with van der Waals surface area (Å²) in [7, 11) is -3.10. The minimum atomic E-state index is -4.67. The molecule has 0 heterocycles. The Bertz CT molecular complexity index is 839. The Balaban J connectivity index is 2.17. The van der Waals surface area contributed by atoms with Gasteiger partial charge in [0.2, 0.25) is 9.84 Å². The second-order valence-electron chi connectivity index (χ2n) is 5.08. The molecule has 0 saturated carbocycles. The zero-order chi connectivity index (χ0) is 17.9. The SMILES string of the molecule is CN(Cc1ccccc1Cl)C(=O)c1ccc(S(=O)(=O)C(F)F)cc1. The Labute approximate surface area is 143 Å². The number of nitrogens with zero attached hydrogens (tertiary/aromatic N) is 1. The minimum Gasteiger partial charge on any atom is -0.337 e. The van der Waals surface area contributed by atoms with Crippen molar-refractivity contribution in [3.8, 4) is 0 Å². The lowest BCUT2D eigenvalue weighted by molar-refractivity contribution is 0.0785. The van der Waals surface area contributed by atoms with Crippen molar-refractivity contribution >= 4 is 27.3 Å². The highest BCUT2D eigenvalue weighted by molar-refractivity contribution is 7.91. The van der Waals surface area contributed by atoms with Crippen molar-refractivity contribution in [1.29, 1.82) is 0 Å². The van der Waals surface area contributed by atoms with Crippen LogP contribution in [-0.2, 0) is 16.4 Å². The Morgan fingerprint density at radius 2 is 1.71 bits per heavy atom. The zero-order valence-corrected chi connectivity index (χ0v) is 14.2. The van der Waals surface area contributed by atoms with E-state index in [-0.39, 0.29) is 18.0 Å². The van der Waals surface area contributed by atoms with E-state index in [0.29, 0.717) is 5.02 Å². The Morgan fingerprint density at radius 3 is 2.25 bits per heavy atom. The molecule has 128 valence electrons. The number of rotatable bonds is 5. The van der Waals surface area contributed by atoms with Gasteiger partial charge in [-0.25, -0.2) is 8.42 Å². The average Bonchev–Trinajstić information content (AvgIpc) is 2.56. The fourth-order valence-electron chi connectivity index (χ4n) is 2.06. The van der Waals surface area contributed by atoms with E-state index in [9.17, 15) is 22.0 Å². The van der Waals surface area contributed by atoms with Crippen LogP contribution in [0.3, 0.4) is 0 Å². The second-order valence-corrected chi connectivity index (χ2v) is 7.41. The molecule has 0 spiro atoms. The van der Waals surface area contributed by atoms with Crippen LogP contribution in [0.1, 0.15) is 15.9 Å². The summed E-state index contributed by atoms with van der Waals surface area (Å²) >= 11 is 6.04. The number of hydrogen-bond acceptors (Lipinski definition) is 3. The van der Waals surface area contributed by atoms with Crippen LogP contribution < -0.4 is 0 Å². The van der Waals surface area contributed by atoms with Crippen molar-refractivity contribution in [1.82, 2.24) is 4.90 Å². The number of hydrogen-bond donors (Lipinski definition) is 0. The van der Waals surface area contributed by atoms with Gasteiger partial charge in [-0.3, -0.25) is 4.79 Å². The lowest BCUT2D eigenvalue weighted by Gasteiger charge is -2.18. The molecule has 4 nitrogen and oxygen atoms in total. The van der Waals surface area contributed by atoms with E-state index in [1.54, 1.807) is 31.3 Å². The summed E-state index contributed by atoms with van der Waals surface area (Å²) in [5.74, 6) is -3.88. The van der Waals surface area contributed by atoms with Crippen LogP contribution in [0.5, 0.6) is 0 Å². The Morgan fingerprint density at radius 1 is 1.12 bits per heavy atom. The largest absolute Gasteiger partial charge is 0.341 e. The van der Waals surface area contributed by atoms with Gasteiger partial charge < -0.3 is 4.90 Å². The summed E-state index contributed by atoms with van der Waals surface area (Å²) in [5, 5.41) is 0.524. The molecule has 0 radical (unpaired) electrons. The van der Waals surface area contributed by atoms with E-state index < -0.39 is 20.5 Å². The minimum absolute atomic E-state index is 0.192. The smallest absolute Gasteiger partial charge is 0.337 e. The second kappa shape index (κ2) is 7.27. The number of alkyl halides is 2. The quantitative estimate of drug-likeness (QED) is 0.804. The van der Waals surface area contributed by atoms with Crippen molar-refractivity contribution in [3.05, 3.63) is 64.7 Å². The summed E-state index contributed by atoms with van der Waals surface area (Å²) in [4.78, 5) is 13.2. The van der Waals surface area contributed by atoms with Crippen molar-refractivity contribution in [2.75, 3.05) is 7.05 Å². The maximum Gasteiger partial charge on any atom is 0.341 e. The van der Waals surface area contributed by atoms with Gasteiger partial charge in [-0.1, -0.05) is 29.8 Å². The summed E-state index contributed by atoms with van der Waals surface area (Å²) < 4.78 is 47.7. The fourth-order valence-corrected chi connectivity index (χ4v) is 2.98. The van der Waals surface area contributed by atoms with Crippen LogP contribution >= 0.6 is 11.6 Å². The lowest BCUT2D eigenvalue weighted by Crippen LogP contribution is -2.26. The summed E-state index contributed by atoms with van der Waals surface area (Å²) in [6.45, 7) is 0.260. The molecule has 8 heteroatoms.